The summed E-state index contributed by atoms with van der Waals surface area (Å²) >= 11 is 2.26. The van der Waals surface area contributed by atoms with Crippen LogP contribution >= 0.6 is 22.6 Å². The van der Waals surface area contributed by atoms with Crippen molar-refractivity contribution in [3.05, 3.63) is 59.3 Å². The van der Waals surface area contributed by atoms with Crippen LogP contribution in [0.15, 0.2) is 47.5 Å². The lowest BCUT2D eigenvalue weighted by atomic mass is 9.80. The third-order valence-electron chi connectivity index (χ3n) is 7.92. The number of sulfone groups is 1. The topological polar surface area (TPSA) is 96.5 Å². The maximum Gasteiger partial charge on any atom is 0.229 e. The van der Waals surface area contributed by atoms with Crippen LogP contribution in [0.25, 0.3) is 0 Å². The molecule has 1 fully saturated rings. The van der Waals surface area contributed by atoms with E-state index in [-0.39, 0.29) is 11.0 Å². The highest BCUT2D eigenvalue weighted by molar-refractivity contribution is 14.1. The van der Waals surface area contributed by atoms with Crippen LogP contribution in [-0.2, 0) is 14.3 Å². The summed E-state index contributed by atoms with van der Waals surface area (Å²) in [5.41, 5.74) is 4.74. The Kier molecular flexibility index (Phi) is 10.7. The number of ether oxygens (including phenoxy) is 1. The number of anilines is 4. The van der Waals surface area contributed by atoms with E-state index < -0.39 is 15.1 Å². The Hall–Kier alpha value is -2.44. The van der Waals surface area contributed by atoms with E-state index in [1.807, 2.05) is 19.9 Å². The standard InChI is InChI=1S/C32H44IN5O3S/c1-20(2)41-29-17-26(23-12-14-25(15-13-23)38(6)7)22(5)16-28(29)36-32-34-19-24(18-33)31(37-32)35-27-10-8-9-11-30(27)42(39,40)21(3)4/h8-11,16-17,19-21,23,25H,12-15,18H2,1-7H3,(H2,34,35,36,37). The summed E-state index contributed by atoms with van der Waals surface area (Å²) in [6, 6.07) is 11.9. The van der Waals surface area contributed by atoms with E-state index in [9.17, 15) is 8.42 Å². The van der Waals surface area contributed by atoms with Gasteiger partial charge in [0.1, 0.15) is 11.6 Å². The van der Waals surface area contributed by atoms with Gasteiger partial charge in [-0.15, -0.1) is 0 Å². The molecular formula is C32H44IN5O3S. The van der Waals surface area contributed by atoms with Gasteiger partial charge < -0.3 is 20.3 Å². The van der Waals surface area contributed by atoms with Crippen LogP contribution in [0.2, 0.25) is 0 Å². The number of aryl methyl sites for hydroxylation is 1. The molecule has 0 radical (unpaired) electrons. The Morgan fingerprint density at radius 2 is 1.71 bits per heavy atom. The monoisotopic (exact) mass is 705 g/mol. The number of hydrogen-bond donors (Lipinski definition) is 2. The molecule has 42 heavy (non-hydrogen) atoms. The minimum atomic E-state index is -3.49. The van der Waals surface area contributed by atoms with E-state index in [0.29, 0.717) is 33.8 Å². The third-order valence-corrected chi connectivity index (χ3v) is 11.0. The molecule has 1 heterocycles. The Morgan fingerprint density at radius 1 is 1.02 bits per heavy atom. The second-order valence-corrected chi connectivity index (χ2v) is 15.1. The summed E-state index contributed by atoms with van der Waals surface area (Å²) < 4.78 is 33.1. The second-order valence-electron chi connectivity index (χ2n) is 11.9. The van der Waals surface area contributed by atoms with Crippen molar-refractivity contribution in [2.45, 2.75) is 92.9 Å². The molecule has 0 unspecified atom stereocenters. The minimum absolute atomic E-state index is 0.00420. The molecule has 8 nitrogen and oxygen atoms in total. The molecule has 2 aromatic carbocycles. The van der Waals surface area contributed by atoms with Gasteiger partial charge in [-0.25, -0.2) is 13.4 Å². The number of nitrogens with one attached hydrogen (secondary N) is 2. The van der Waals surface area contributed by atoms with Crippen LogP contribution in [0.4, 0.5) is 23.1 Å². The highest BCUT2D eigenvalue weighted by Gasteiger charge is 2.26. The predicted molar refractivity (Wildman–Crippen MR) is 181 cm³/mol. The first-order chi connectivity index (χ1) is 19.9. The van der Waals surface area contributed by atoms with E-state index in [4.69, 9.17) is 9.72 Å². The van der Waals surface area contributed by atoms with Crippen LogP contribution in [-0.4, -0.2) is 54.8 Å². The summed E-state index contributed by atoms with van der Waals surface area (Å²) in [5.74, 6) is 2.26. The number of alkyl halides is 1. The highest BCUT2D eigenvalue weighted by atomic mass is 127. The summed E-state index contributed by atoms with van der Waals surface area (Å²) in [7, 11) is 0.857. The molecule has 0 aliphatic heterocycles. The van der Waals surface area contributed by atoms with Gasteiger partial charge >= 0.3 is 0 Å². The Labute approximate surface area is 265 Å². The molecule has 10 heteroatoms. The molecule has 1 aliphatic rings. The number of benzene rings is 2. The van der Waals surface area contributed by atoms with Gasteiger partial charge in [-0.1, -0.05) is 34.7 Å². The smallest absolute Gasteiger partial charge is 0.229 e. The fraction of sp³-hybridized carbons (Fsp3) is 0.500. The van der Waals surface area contributed by atoms with Gasteiger partial charge in [-0.2, -0.15) is 4.98 Å². The average molecular weight is 706 g/mol. The molecule has 2 N–H and O–H groups in total. The predicted octanol–water partition coefficient (Wildman–Crippen LogP) is 7.76. The minimum Gasteiger partial charge on any atom is -0.489 e. The first-order valence-electron chi connectivity index (χ1n) is 14.7. The van der Waals surface area contributed by atoms with Gasteiger partial charge in [0.2, 0.25) is 5.95 Å². The summed E-state index contributed by atoms with van der Waals surface area (Å²) in [6.07, 6.45) is 6.52. The molecule has 1 aromatic heterocycles. The molecule has 0 bridgehead atoms. The lowest BCUT2D eigenvalue weighted by molar-refractivity contribution is 0.215. The molecule has 1 saturated carbocycles. The molecule has 228 valence electrons. The zero-order valence-corrected chi connectivity index (χ0v) is 28.7. The quantitative estimate of drug-likeness (QED) is 0.154. The van der Waals surface area contributed by atoms with E-state index in [2.05, 4.69) is 76.3 Å². The maximum absolute atomic E-state index is 13.0. The van der Waals surface area contributed by atoms with Gasteiger partial charge in [0.25, 0.3) is 0 Å². The van der Waals surface area contributed by atoms with Gasteiger partial charge in [0.05, 0.1) is 27.6 Å². The largest absolute Gasteiger partial charge is 0.489 e. The SMILES string of the molecule is Cc1cc(Nc2ncc(CI)c(Nc3ccccc3S(=O)(=O)C(C)C)n2)c(OC(C)C)cc1C1CCC(N(C)C)CC1. The second kappa shape index (κ2) is 13.9. The fourth-order valence-corrected chi connectivity index (χ4v) is 7.25. The lowest BCUT2D eigenvalue weighted by Crippen LogP contribution is -2.31. The Morgan fingerprint density at radius 3 is 2.33 bits per heavy atom. The van der Waals surface area contributed by atoms with E-state index in [1.165, 1.54) is 36.8 Å². The first-order valence-corrected chi connectivity index (χ1v) is 17.7. The van der Waals surface area contributed by atoms with Crippen molar-refractivity contribution < 1.29 is 13.2 Å². The molecule has 0 saturated heterocycles. The van der Waals surface area contributed by atoms with Crippen LogP contribution in [0.1, 0.15) is 76.0 Å². The normalized spacial score (nSPS) is 17.6. The molecule has 1 aliphatic carbocycles. The molecular weight excluding hydrogens is 661 g/mol. The highest BCUT2D eigenvalue weighted by Crippen LogP contribution is 2.40. The van der Waals surface area contributed by atoms with Crippen molar-refractivity contribution in [3.63, 3.8) is 0 Å². The van der Waals surface area contributed by atoms with Gasteiger partial charge in [-0.05, 0) is 116 Å². The van der Waals surface area contributed by atoms with E-state index in [1.54, 1.807) is 38.2 Å². The first kappa shape index (κ1) is 32.5. The molecule has 0 amide bonds. The Bertz CT molecular complexity index is 1490. The van der Waals surface area contributed by atoms with Crippen LogP contribution in [0.3, 0.4) is 0 Å². The van der Waals surface area contributed by atoms with Crippen molar-refractivity contribution in [2.24, 2.45) is 0 Å². The Balaban J connectivity index is 1.65. The number of aromatic nitrogens is 2. The van der Waals surface area contributed by atoms with Gasteiger partial charge in [0.15, 0.2) is 9.84 Å². The van der Waals surface area contributed by atoms with Crippen LogP contribution < -0.4 is 15.4 Å². The number of nitrogens with zero attached hydrogens (tertiary/aromatic N) is 3. The van der Waals surface area contributed by atoms with Crippen molar-refractivity contribution in [2.75, 3.05) is 24.7 Å². The fourth-order valence-electron chi connectivity index (χ4n) is 5.49. The lowest BCUT2D eigenvalue weighted by Gasteiger charge is -2.33. The number of halogens is 1. The number of para-hydroxylation sites is 1. The summed E-state index contributed by atoms with van der Waals surface area (Å²) in [4.78, 5) is 12.0. The average Bonchev–Trinajstić information content (AvgIpc) is 2.94. The van der Waals surface area contributed by atoms with Gasteiger partial charge in [0, 0.05) is 22.2 Å². The van der Waals surface area contributed by atoms with Gasteiger partial charge in [-0.3, -0.25) is 0 Å². The zero-order valence-electron chi connectivity index (χ0n) is 25.7. The summed E-state index contributed by atoms with van der Waals surface area (Å²) in [6.45, 7) is 9.60. The van der Waals surface area contributed by atoms with Crippen molar-refractivity contribution in [1.82, 2.24) is 14.9 Å². The van der Waals surface area contributed by atoms with Crippen molar-refractivity contribution in [1.29, 1.82) is 0 Å². The van der Waals surface area contributed by atoms with Crippen molar-refractivity contribution in [3.8, 4) is 5.75 Å². The molecule has 0 atom stereocenters. The number of rotatable bonds is 11. The van der Waals surface area contributed by atoms with Crippen LogP contribution in [0, 0.1) is 6.92 Å². The maximum atomic E-state index is 13.0. The third kappa shape index (κ3) is 7.55. The van der Waals surface area contributed by atoms with Crippen molar-refractivity contribution >= 4 is 55.6 Å². The molecule has 0 spiro atoms. The van der Waals surface area contributed by atoms with E-state index >= 15 is 0 Å². The van der Waals surface area contributed by atoms with E-state index in [0.717, 1.165) is 17.0 Å². The number of hydrogen-bond acceptors (Lipinski definition) is 8. The van der Waals surface area contributed by atoms with Crippen LogP contribution in [0.5, 0.6) is 5.75 Å². The molecule has 4 rings (SSSR count). The summed E-state index contributed by atoms with van der Waals surface area (Å²) in [5, 5.41) is 6.15. The molecule has 3 aromatic rings. The zero-order chi connectivity index (χ0) is 30.6.